The zero-order chi connectivity index (χ0) is 12.5. The molecule has 0 amide bonds. The molecule has 1 aliphatic rings. The number of rotatable bonds is 2. The molecule has 2 nitrogen and oxygen atoms in total. The molecule has 1 fully saturated rings. The van der Waals surface area contributed by atoms with Crippen LogP contribution in [0, 0.1) is 12.8 Å². The van der Waals surface area contributed by atoms with Crippen molar-refractivity contribution in [2.75, 3.05) is 13.1 Å². The maximum atomic E-state index is 6.24. The van der Waals surface area contributed by atoms with Crippen LogP contribution in [0.1, 0.15) is 24.1 Å². The van der Waals surface area contributed by atoms with E-state index in [0.717, 1.165) is 29.5 Å². The average molecular weight is 263 g/mol. The first-order chi connectivity index (χ1) is 8.75. The minimum absolute atomic E-state index is 0.808. The minimum atomic E-state index is 0.808. The van der Waals surface area contributed by atoms with Gasteiger partial charge in [0.15, 0.2) is 0 Å². The lowest BCUT2D eigenvalue weighted by molar-refractivity contribution is 0.373. The van der Waals surface area contributed by atoms with Crippen LogP contribution in [0.15, 0.2) is 18.2 Å². The molecule has 0 saturated carbocycles. The Balaban J connectivity index is 1.95. The Bertz CT molecular complexity index is 553. The van der Waals surface area contributed by atoms with Crippen molar-refractivity contribution in [1.29, 1.82) is 0 Å². The second-order valence-corrected chi connectivity index (χ2v) is 5.70. The standard InChI is InChI=1S/C15H19ClN2/c1-10-13(9-11-5-7-17-8-6-11)12-3-2-4-14(16)15(12)18-10/h2-4,11,17-18H,5-9H2,1H3. The van der Waals surface area contributed by atoms with Gasteiger partial charge in [0, 0.05) is 11.1 Å². The Kier molecular flexibility index (Phi) is 3.31. The number of para-hydroxylation sites is 1. The molecule has 0 radical (unpaired) electrons. The van der Waals surface area contributed by atoms with E-state index >= 15 is 0 Å². The molecule has 18 heavy (non-hydrogen) atoms. The van der Waals surface area contributed by atoms with E-state index in [0.29, 0.717) is 0 Å². The number of aromatic amines is 1. The molecule has 1 aromatic carbocycles. The molecule has 2 heterocycles. The van der Waals surface area contributed by atoms with Crippen LogP contribution in [0.25, 0.3) is 10.9 Å². The molecule has 96 valence electrons. The van der Waals surface area contributed by atoms with Gasteiger partial charge in [-0.05, 0) is 56.8 Å². The number of aromatic nitrogens is 1. The summed E-state index contributed by atoms with van der Waals surface area (Å²) in [5, 5.41) is 5.56. The number of H-pyrrole nitrogens is 1. The second kappa shape index (κ2) is 4.94. The van der Waals surface area contributed by atoms with Crippen LogP contribution in [0.3, 0.4) is 0 Å². The van der Waals surface area contributed by atoms with Crippen LogP contribution in [0.4, 0.5) is 0 Å². The lowest BCUT2D eigenvalue weighted by Crippen LogP contribution is -2.28. The van der Waals surface area contributed by atoms with Crippen molar-refractivity contribution in [2.45, 2.75) is 26.2 Å². The SMILES string of the molecule is Cc1[nH]c2c(Cl)cccc2c1CC1CCNCC1. The summed E-state index contributed by atoms with van der Waals surface area (Å²) in [6, 6.07) is 6.18. The number of nitrogens with one attached hydrogen (secondary N) is 2. The summed E-state index contributed by atoms with van der Waals surface area (Å²) in [6.45, 7) is 4.48. The zero-order valence-corrected chi connectivity index (χ0v) is 11.5. The molecular formula is C15H19ClN2. The van der Waals surface area contributed by atoms with Crippen LogP contribution in [-0.4, -0.2) is 18.1 Å². The molecule has 0 unspecified atom stereocenters. The number of piperidine rings is 1. The van der Waals surface area contributed by atoms with Crippen LogP contribution in [0.2, 0.25) is 5.02 Å². The van der Waals surface area contributed by atoms with E-state index in [2.05, 4.69) is 23.3 Å². The fourth-order valence-corrected chi connectivity index (χ4v) is 3.23. The molecule has 0 spiro atoms. The van der Waals surface area contributed by atoms with Gasteiger partial charge in [-0.15, -0.1) is 0 Å². The van der Waals surface area contributed by atoms with Crippen LogP contribution < -0.4 is 5.32 Å². The van der Waals surface area contributed by atoms with Gasteiger partial charge in [-0.1, -0.05) is 23.7 Å². The average Bonchev–Trinajstić information content (AvgIpc) is 2.70. The van der Waals surface area contributed by atoms with Gasteiger partial charge in [-0.25, -0.2) is 0 Å². The van der Waals surface area contributed by atoms with Gasteiger partial charge >= 0.3 is 0 Å². The summed E-state index contributed by atoms with van der Waals surface area (Å²) >= 11 is 6.24. The molecule has 1 aliphatic heterocycles. The topological polar surface area (TPSA) is 27.8 Å². The van der Waals surface area contributed by atoms with Crippen molar-refractivity contribution in [3.8, 4) is 0 Å². The lowest BCUT2D eigenvalue weighted by Gasteiger charge is -2.22. The first-order valence-electron chi connectivity index (χ1n) is 6.72. The fourth-order valence-electron chi connectivity index (χ4n) is 3.01. The monoisotopic (exact) mass is 262 g/mol. The van der Waals surface area contributed by atoms with Gasteiger partial charge in [0.1, 0.15) is 0 Å². The molecular weight excluding hydrogens is 244 g/mol. The van der Waals surface area contributed by atoms with Crippen molar-refractivity contribution < 1.29 is 0 Å². The number of halogens is 1. The highest BCUT2D eigenvalue weighted by Gasteiger charge is 2.17. The van der Waals surface area contributed by atoms with E-state index in [1.54, 1.807) is 0 Å². The molecule has 0 aliphatic carbocycles. The predicted octanol–water partition coefficient (Wildman–Crippen LogP) is 3.67. The molecule has 3 rings (SSSR count). The van der Waals surface area contributed by atoms with Crippen LogP contribution in [-0.2, 0) is 6.42 Å². The third-order valence-electron chi connectivity index (χ3n) is 4.06. The summed E-state index contributed by atoms with van der Waals surface area (Å²) in [5.41, 5.74) is 3.83. The Morgan fingerprint density at radius 2 is 2.06 bits per heavy atom. The second-order valence-electron chi connectivity index (χ2n) is 5.29. The van der Waals surface area contributed by atoms with Crippen LogP contribution >= 0.6 is 11.6 Å². The van der Waals surface area contributed by atoms with Crippen molar-refractivity contribution >= 4 is 22.5 Å². The Morgan fingerprint density at radius 1 is 1.28 bits per heavy atom. The fraction of sp³-hybridized carbons (Fsp3) is 0.467. The first kappa shape index (κ1) is 12.1. The molecule has 2 aromatic rings. The number of hydrogen-bond acceptors (Lipinski definition) is 1. The quantitative estimate of drug-likeness (QED) is 0.849. The smallest absolute Gasteiger partial charge is 0.0648 e. The minimum Gasteiger partial charge on any atom is -0.357 e. The summed E-state index contributed by atoms with van der Waals surface area (Å²) < 4.78 is 0. The molecule has 0 bridgehead atoms. The highest BCUT2D eigenvalue weighted by atomic mass is 35.5. The maximum Gasteiger partial charge on any atom is 0.0648 e. The van der Waals surface area contributed by atoms with Crippen molar-refractivity contribution in [2.24, 2.45) is 5.92 Å². The molecule has 1 saturated heterocycles. The van der Waals surface area contributed by atoms with E-state index in [9.17, 15) is 0 Å². The third-order valence-corrected chi connectivity index (χ3v) is 4.37. The largest absolute Gasteiger partial charge is 0.357 e. The number of benzene rings is 1. The van der Waals surface area contributed by atoms with Gasteiger partial charge in [-0.3, -0.25) is 0 Å². The van der Waals surface area contributed by atoms with E-state index in [1.807, 2.05) is 12.1 Å². The van der Waals surface area contributed by atoms with Gasteiger partial charge < -0.3 is 10.3 Å². The van der Waals surface area contributed by atoms with E-state index < -0.39 is 0 Å². The van der Waals surface area contributed by atoms with Crippen molar-refractivity contribution in [3.05, 3.63) is 34.5 Å². The number of hydrogen-bond donors (Lipinski definition) is 2. The van der Waals surface area contributed by atoms with E-state index in [4.69, 9.17) is 11.6 Å². The van der Waals surface area contributed by atoms with E-state index in [-0.39, 0.29) is 0 Å². The third kappa shape index (κ3) is 2.15. The number of aryl methyl sites for hydroxylation is 1. The van der Waals surface area contributed by atoms with Crippen LogP contribution in [0.5, 0.6) is 0 Å². The van der Waals surface area contributed by atoms with E-state index in [1.165, 1.54) is 35.9 Å². The summed E-state index contributed by atoms with van der Waals surface area (Å²) in [5.74, 6) is 0.808. The Hall–Kier alpha value is -0.990. The van der Waals surface area contributed by atoms with Crippen molar-refractivity contribution in [3.63, 3.8) is 0 Å². The molecule has 0 atom stereocenters. The molecule has 3 heteroatoms. The highest BCUT2D eigenvalue weighted by molar-refractivity contribution is 6.35. The maximum absolute atomic E-state index is 6.24. The van der Waals surface area contributed by atoms with Crippen molar-refractivity contribution in [1.82, 2.24) is 10.3 Å². The number of fused-ring (bicyclic) bond motifs is 1. The normalized spacial score (nSPS) is 17.4. The zero-order valence-electron chi connectivity index (χ0n) is 10.7. The summed E-state index contributed by atoms with van der Waals surface area (Å²) in [7, 11) is 0. The van der Waals surface area contributed by atoms with Gasteiger partial charge in [0.2, 0.25) is 0 Å². The molecule has 2 N–H and O–H groups in total. The van der Waals surface area contributed by atoms with Gasteiger partial charge in [0.25, 0.3) is 0 Å². The van der Waals surface area contributed by atoms with Gasteiger partial charge in [-0.2, -0.15) is 0 Å². The predicted molar refractivity (Wildman–Crippen MR) is 77.3 cm³/mol. The first-order valence-corrected chi connectivity index (χ1v) is 7.10. The van der Waals surface area contributed by atoms with Gasteiger partial charge in [0.05, 0.1) is 10.5 Å². The Labute approximate surface area is 113 Å². The molecule has 1 aromatic heterocycles. The highest BCUT2D eigenvalue weighted by Crippen LogP contribution is 2.30. The summed E-state index contributed by atoms with van der Waals surface area (Å²) in [6.07, 6.45) is 3.74. The summed E-state index contributed by atoms with van der Waals surface area (Å²) in [4.78, 5) is 3.44. The lowest BCUT2D eigenvalue weighted by atomic mass is 9.90. The Morgan fingerprint density at radius 3 is 2.83 bits per heavy atom.